The van der Waals surface area contributed by atoms with Crippen LogP contribution in [0.4, 0.5) is 5.13 Å². The molecule has 0 atom stereocenters. The van der Waals surface area contributed by atoms with Gasteiger partial charge in [0.2, 0.25) is 0 Å². The number of aromatic nitrogens is 1. The lowest BCUT2D eigenvalue weighted by Crippen LogP contribution is -2.42. The zero-order chi connectivity index (χ0) is 17.9. The molecule has 3 rings (SSSR count). The van der Waals surface area contributed by atoms with Crippen molar-refractivity contribution in [1.29, 1.82) is 0 Å². The zero-order valence-electron chi connectivity index (χ0n) is 14.3. The number of benzene rings is 1. The van der Waals surface area contributed by atoms with E-state index < -0.39 is 5.60 Å². The highest BCUT2D eigenvalue weighted by Gasteiger charge is 2.31. The highest BCUT2D eigenvalue weighted by Crippen LogP contribution is 2.32. The van der Waals surface area contributed by atoms with E-state index in [0.29, 0.717) is 21.8 Å². The topological polar surface area (TPSA) is 63.2 Å². The maximum Gasteiger partial charge on any atom is 0.269 e. The molecule has 1 aliphatic heterocycles. The fourth-order valence-corrected chi connectivity index (χ4v) is 3.84. The fraction of sp³-hybridized carbons (Fsp3) is 0.444. The second-order valence-electron chi connectivity index (χ2n) is 6.61. The molecule has 0 spiro atoms. The zero-order valence-corrected chi connectivity index (χ0v) is 15.9. The maximum absolute atomic E-state index is 12.6. The number of piperidine rings is 1. The van der Waals surface area contributed by atoms with E-state index in [1.807, 2.05) is 6.20 Å². The molecule has 2 aromatic rings. The third kappa shape index (κ3) is 4.71. The Bertz CT molecular complexity index is 724. The highest BCUT2D eigenvalue weighted by atomic mass is 35.5. The maximum atomic E-state index is 12.6. The summed E-state index contributed by atoms with van der Waals surface area (Å²) < 4.78 is 5.81. The fourth-order valence-electron chi connectivity index (χ4n) is 2.73. The first-order valence-electron chi connectivity index (χ1n) is 8.36. The summed E-state index contributed by atoms with van der Waals surface area (Å²) in [6.07, 6.45) is 4.10. The first-order chi connectivity index (χ1) is 11.9. The average molecular weight is 380 g/mol. The molecule has 2 heterocycles. The molecule has 7 heteroatoms. The van der Waals surface area contributed by atoms with Crippen LogP contribution in [0.15, 0.2) is 30.5 Å². The lowest BCUT2D eigenvalue weighted by Gasteiger charge is -2.24. The van der Waals surface area contributed by atoms with E-state index in [2.05, 4.69) is 15.6 Å². The number of hydrogen-bond donors (Lipinski definition) is 2. The van der Waals surface area contributed by atoms with E-state index in [-0.39, 0.29) is 5.91 Å². The van der Waals surface area contributed by atoms with Gasteiger partial charge in [0.15, 0.2) is 10.7 Å². The van der Waals surface area contributed by atoms with Gasteiger partial charge in [-0.2, -0.15) is 0 Å². The average Bonchev–Trinajstić information content (AvgIpc) is 3.06. The SMILES string of the molecule is CC(C)(Oc1ccc(Cl)cc1)C(=O)Nc1ncc(C2CCNCC2)s1. The van der Waals surface area contributed by atoms with Crippen molar-refractivity contribution in [3.63, 3.8) is 0 Å². The Kier molecular flexibility index (Phi) is 5.61. The Morgan fingerprint density at radius 3 is 2.68 bits per heavy atom. The van der Waals surface area contributed by atoms with Crippen molar-refractivity contribution in [2.45, 2.75) is 38.2 Å². The number of halogens is 1. The van der Waals surface area contributed by atoms with Crippen LogP contribution in [0.1, 0.15) is 37.5 Å². The summed E-state index contributed by atoms with van der Waals surface area (Å²) in [6, 6.07) is 6.96. The Balaban J connectivity index is 1.62. The minimum absolute atomic E-state index is 0.228. The first kappa shape index (κ1) is 18.2. The molecule has 0 bridgehead atoms. The van der Waals surface area contributed by atoms with E-state index in [9.17, 15) is 4.79 Å². The molecule has 5 nitrogen and oxygen atoms in total. The van der Waals surface area contributed by atoms with Gasteiger partial charge < -0.3 is 10.1 Å². The molecule has 1 saturated heterocycles. The molecule has 1 fully saturated rings. The molecule has 0 saturated carbocycles. The smallest absolute Gasteiger partial charge is 0.269 e. The number of thiazole rings is 1. The summed E-state index contributed by atoms with van der Waals surface area (Å²) in [5.74, 6) is 0.899. The molecule has 0 unspecified atom stereocenters. The van der Waals surface area contributed by atoms with Gasteiger partial charge in [-0.05, 0) is 70.0 Å². The molecule has 0 radical (unpaired) electrons. The number of carbonyl (C=O) groups is 1. The quantitative estimate of drug-likeness (QED) is 0.822. The second-order valence-corrected chi connectivity index (χ2v) is 8.11. The van der Waals surface area contributed by atoms with E-state index in [0.717, 1.165) is 25.9 Å². The summed E-state index contributed by atoms with van der Waals surface area (Å²) >= 11 is 7.42. The minimum atomic E-state index is -1.02. The van der Waals surface area contributed by atoms with Crippen molar-refractivity contribution in [1.82, 2.24) is 10.3 Å². The molecular formula is C18H22ClN3O2S. The number of anilines is 1. The number of hydrogen-bond acceptors (Lipinski definition) is 5. The Hall–Kier alpha value is -1.63. The van der Waals surface area contributed by atoms with Crippen LogP contribution >= 0.6 is 22.9 Å². The van der Waals surface area contributed by atoms with Crippen LogP contribution in [-0.2, 0) is 4.79 Å². The highest BCUT2D eigenvalue weighted by molar-refractivity contribution is 7.15. The van der Waals surface area contributed by atoms with Gasteiger partial charge in [0.1, 0.15) is 5.75 Å². The second kappa shape index (κ2) is 7.72. The number of rotatable bonds is 5. The molecule has 134 valence electrons. The Morgan fingerprint density at radius 1 is 1.32 bits per heavy atom. The van der Waals surface area contributed by atoms with Gasteiger partial charge in [-0.25, -0.2) is 4.98 Å². The molecular weight excluding hydrogens is 358 g/mol. The van der Waals surface area contributed by atoms with Crippen molar-refractivity contribution in [3.05, 3.63) is 40.4 Å². The molecule has 0 aliphatic carbocycles. The molecule has 1 aromatic carbocycles. The van der Waals surface area contributed by atoms with Gasteiger partial charge in [0.25, 0.3) is 5.91 Å². The largest absolute Gasteiger partial charge is 0.478 e. The van der Waals surface area contributed by atoms with E-state index >= 15 is 0 Å². The Labute approximate surface area is 156 Å². The van der Waals surface area contributed by atoms with E-state index in [1.165, 1.54) is 4.88 Å². The van der Waals surface area contributed by atoms with Crippen LogP contribution in [0.3, 0.4) is 0 Å². The minimum Gasteiger partial charge on any atom is -0.478 e. The monoisotopic (exact) mass is 379 g/mol. The van der Waals surface area contributed by atoms with Crippen LogP contribution in [0.5, 0.6) is 5.75 Å². The third-order valence-electron chi connectivity index (χ3n) is 4.22. The number of nitrogens with one attached hydrogen (secondary N) is 2. The molecule has 1 amide bonds. The number of ether oxygens (including phenoxy) is 1. The van der Waals surface area contributed by atoms with Crippen molar-refractivity contribution in [3.8, 4) is 5.75 Å². The summed E-state index contributed by atoms with van der Waals surface area (Å²) in [4.78, 5) is 18.2. The summed E-state index contributed by atoms with van der Waals surface area (Å²) in [7, 11) is 0. The van der Waals surface area contributed by atoms with Crippen LogP contribution < -0.4 is 15.4 Å². The number of carbonyl (C=O) groups excluding carboxylic acids is 1. The standard InChI is InChI=1S/C18H22ClN3O2S/c1-18(2,24-14-5-3-13(19)4-6-14)16(23)22-17-21-11-15(25-17)12-7-9-20-10-8-12/h3-6,11-12,20H,7-10H2,1-2H3,(H,21,22,23). The molecule has 2 N–H and O–H groups in total. The lowest BCUT2D eigenvalue weighted by atomic mass is 9.97. The van der Waals surface area contributed by atoms with Crippen molar-refractivity contribution in [2.24, 2.45) is 0 Å². The van der Waals surface area contributed by atoms with Crippen LogP contribution in [-0.4, -0.2) is 29.6 Å². The Morgan fingerprint density at radius 2 is 2.00 bits per heavy atom. The molecule has 25 heavy (non-hydrogen) atoms. The van der Waals surface area contributed by atoms with Gasteiger partial charge >= 0.3 is 0 Å². The van der Waals surface area contributed by atoms with Gasteiger partial charge in [-0.15, -0.1) is 11.3 Å². The van der Waals surface area contributed by atoms with Crippen molar-refractivity contribution in [2.75, 3.05) is 18.4 Å². The predicted molar refractivity (Wildman–Crippen MR) is 102 cm³/mol. The van der Waals surface area contributed by atoms with Crippen molar-refractivity contribution < 1.29 is 9.53 Å². The summed E-state index contributed by atoms with van der Waals surface area (Å²) in [5, 5.41) is 7.48. The van der Waals surface area contributed by atoms with E-state index in [4.69, 9.17) is 16.3 Å². The third-order valence-corrected chi connectivity index (χ3v) is 5.55. The van der Waals surface area contributed by atoms with Gasteiger partial charge in [0, 0.05) is 16.1 Å². The molecule has 1 aromatic heterocycles. The number of amides is 1. The van der Waals surface area contributed by atoms with Crippen LogP contribution in [0.2, 0.25) is 5.02 Å². The predicted octanol–water partition coefficient (Wildman–Crippen LogP) is 4.06. The number of nitrogens with zero attached hydrogens (tertiary/aromatic N) is 1. The van der Waals surface area contributed by atoms with E-state index in [1.54, 1.807) is 49.4 Å². The van der Waals surface area contributed by atoms with Gasteiger partial charge in [0.05, 0.1) is 0 Å². The van der Waals surface area contributed by atoms with Crippen molar-refractivity contribution >= 4 is 34.0 Å². The molecule has 1 aliphatic rings. The first-order valence-corrected chi connectivity index (χ1v) is 9.56. The summed E-state index contributed by atoms with van der Waals surface area (Å²) in [6.45, 7) is 5.54. The lowest BCUT2D eigenvalue weighted by molar-refractivity contribution is -0.128. The normalized spacial score (nSPS) is 15.8. The summed E-state index contributed by atoms with van der Waals surface area (Å²) in [5.41, 5.74) is -1.02. The van der Waals surface area contributed by atoms with Gasteiger partial charge in [-0.3, -0.25) is 10.1 Å². The van der Waals surface area contributed by atoms with Crippen LogP contribution in [0.25, 0.3) is 0 Å². The van der Waals surface area contributed by atoms with Gasteiger partial charge in [-0.1, -0.05) is 11.6 Å². The van der Waals surface area contributed by atoms with Crippen LogP contribution in [0, 0.1) is 0 Å².